The second-order valence-electron chi connectivity index (χ2n) is 5.44. The number of likely N-dealkylation sites (N-methyl/N-ethyl adjacent to an activating group) is 2. The van der Waals surface area contributed by atoms with Crippen molar-refractivity contribution in [3.8, 4) is 0 Å². The molecule has 0 aliphatic carbocycles. The van der Waals surface area contributed by atoms with Gasteiger partial charge >= 0.3 is 0 Å². The van der Waals surface area contributed by atoms with E-state index in [9.17, 15) is 0 Å². The van der Waals surface area contributed by atoms with Crippen LogP contribution in [0.3, 0.4) is 0 Å². The Morgan fingerprint density at radius 2 is 1.85 bits per heavy atom. The van der Waals surface area contributed by atoms with Crippen LogP contribution >= 0.6 is 11.3 Å². The Hall–Kier alpha value is -0.380. The van der Waals surface area contributed by atoms with Gasteiger partial charge in [0.25, 0.3) is 0 Å². The molecule has 1 atom stereocenters. The predicted molar refractivity (Wildman–Crippen MR) is 91.7 cm³/mol. The van der Waals surface area contributed by atoms with E-state index in [0.717, 1.165) is 13.1 Å². The molecule has 0 amide bonds. The first-order chi connectivity index (χ1) is 9.68. The Balaban J connectivity index is 2.84. The number of aryl methyl sites for hydroxylation is 1. The van der Waals surface area contributed by atoms with E-state index in [4.69, 9.17) is 0 Å². The predicted octanol–water partition coefficient (Wildman–Crippen LogP) is 4.17. The first kappa shape index (κ1) is 17.7. The largest absolute Gasteiger partial charge is 0.315 e. The molecule has 0 bridgehead atoms. The molecular weight excluding hydrogens is 264 g/mol. The van der Waals surface area contributed by atoms with Gasteiger partial charge in [0, 0.05) is 16.5 Å². The van der Waals surface area contributed by atoms with E-state index in [2.05, 4.69) is 62.5 Å². The van der Waals surface area contributed by atoms with Crippen LogP contribution in [-0.2, 0) is 6.42 Å². The lowest BCUT2D eigenvalue weighted by molar-refractivity contribution is 0.0490. The summed E-state index contributed by atoms with van der Waals surface area (Å²) in [5, 5.41) is 5.80. The zero-order valence-corrected chi connectivity index (χ0v) is 14.7. The Morgan fingerprint density at radius 3 is 2.25 bits per heavy atom. The van der Waals surface area contributed by atoms with E-state index in [1.165, 1.54) is 30.6 Å². The zero-order valence-electron chi connectivity index (χ0n) is 13.9. The summed E-state index contributed by atoms with van der Waals surface area (Å²) < 4.78 is 0. The minimum absolute atomic E-state index is 0.287. The highest BCUT2D eigenvalue weighted by Gasteiger charge is 2.38. The summed E-state index contributed by atoms with van der Waals surface area (Å²) in [5.41, 5.74) is 0.287. The Bertz CT molecular complexity index is 340. The molecule has 1 aromatic rings. The maximum absolute atomic E-state index is 3.62. The van der Waals surface area contributed by atoms with E-state index >= 15 is 0 Å². The molecule has 1 heterocycles. The number of nitrogens with one attached hydrogen (secondary N) is 1. The monoisotopic (exact) mass is 296 g/mol. The summed E-state index contributed by atoms with van der Waals surface area (Å²) in [5.74, 6) is 0. The maximum Gasteiger partial charge on any atom is 0.0357 e. The molecule has 0 spiro atoms. The van der Waals surface area contributed by atoms with Gasteiger partial charge < -0.3 is 5.32 Å². The molecule has 20 heavy (non-hydrogen) atoms. The highest BCUT2D eigenvalue weighted by molar-refractivity contribution is 7.09. The summed E-state index contributed by atoms with van der Waals surface area (Å²) >= 11 is 1.88. The normalized spacial score (nSPS) is 13.9. The molecule has 0 aromatic carbocycles. The molecule has 3 heteroatoms. The van der Waals surface area contributed by atoms with Crippen LogP contribution in [0, 0.1) is 0 Å². The van der Waals surface area contributed by atoms with Crippen molar-refractivity contribution in [1.82, 2.24) is 10.2 Å². The fraction of sp³-hybridized carbons (Fsp3) is 0.765. The van der Waals surface area contributed by atoms with Gasteiger partial charge in [0.2, 0.25) is 0 Å². The second kappa shape index (κ2) is 8.81. The third-order valence-electron chi connectivity index (χ3n) is 4.87. The molecule has 0 radical (unpaired) electrons. The standard InChI is InChI=1S/C17H32N2S/c1-6-17(7-2,19(8-3)9-4)16(18-5)13-12-15-11-10-14-20-15/h10-11,14,16,18H,6-9,12-13H2,1-5H3. The Morgan fingerprint density at radius 1 is 1.20 bits per heavy atom. The van der Waals surface area contributed by atoms with Gasteiger partial charge in [-0.1, -0.05) is 33.8 Å². The zero-order chi connectivity index (χ0) is 15.0. The molecule has 1 unspecified atom stereocenters. The summed E-state index contributed by atoms with van der Waals surface area (Å²) in [4.78, 5) is 4.16. The van der Waals surface area contributed by atoms with Crippen molar-refractivity contribution in [3.05, 3.63) is 22.4 Å². The van der Waals surface area contributed by atoms with Gasteiger partial charge in [0.05, 0.1) is 0 Å². The minimum atomic E-state index is 0.287. The Kier molecular flexibility index (Phi) is 7.78. The first-order valence-corrected chi connectivity index (χ1v) is 9.01. The molecule has 0 aliphatic heterocycles. The SMILES string of the molecule is CCN(CC)C(CC)(CC)C(CCc1cccs1)NC. The van der Waals surface area contributed by atoms with Crippen LogP contribution in [0.5, 0.6) is 0 Å². The molecule has 116 valence electrons. The van der Waals surface area contributed by atoms with Gasteiger partial charge in [-0.15, -0.1) is 11.3 Å². The molecule has 1 N–H and O–H groups in total. The van der Waals surface area contributed by atoms with Crippen LogP contribution < -0.4 is 5.32 Å². The summed E-state index contributed by atoms with van der Waals surface area (Å²) in [7, 11) is 2.13. The lowest BCUT2D eigenvalue weighted by Gasteiger charge is -2.48. The summed E-state index contributed by atoms with van der Waals surface area (Å²) in [6.45, 7) is 11.5. The van der Waals surface area contributed by atoms with Gasteiger partial charge in [-0.25, -0.2) is 0 Å². The first-order valence-electron chi connectivity index (χ1n) is 8.13. The van der Waals surface area contributed by atoms with Gasteiger partial charge in [0.15, 0.2) is 0 Å². The van der Waals surface area contributed by atoms with Crippen LogP contribution in [-0.4, -0.2) is 36.6 Å². The van der Waals surface area contributed by atoms with Gasteiger partial charge in [-0.05, 0) is 57.3 Å². The number of rotatable bonds is 10. The molecular formula is C17H32N2S. The molecule has 1 aromatic heterocycles. The molecule has 1 rings (SSSR count). The Labute approximate surface area is 129 Å². The van der Waals surface area contributed by atoms with E-state index in [1.807, 2.05) is 11.3 Å². The average Bonchev–Trinajstić information content (AvgIpc) is 3.00. The van der Waals surface area contributed by atoms with Gasteiger partial charge in [-0.3, -0.25) is 4.90 Å². The highest BCUT2D eigenvalue weighted by atomic mass is 32.1. The second-order valence-corrected chi connectivity index (χ2v) is 6.47. The van der Waals surface area contributed by atoms with E-state index in [0.29, 0.717) is 6.04 Å². The van der Waals surface area contributed by atoms with Crippen molar-refractivity contribution < 1.29 is 0 Å². The van der Waals surface area contributed by atoms with Crippen molar-refractivity contribution in [1.29, 1.82) is 0 Å². The summed E-state index contributed by atoms with van der Waals surface area (Å²) in [6.07, 6.45) is 4.82. The number of hydrogen-bond acceptors (Lipinski definition) is 3. The van der Waals surface area contributed by atoms with Crippen molar-refractivity contribution >= 4 is 11.3 Å². The van der Waals surface area contributed by atoms with Crippen molar-refractivity contribution in [2.75, 3.05) is 20.1 Å². The van der Waals surface area contributed by atoms with E-state index < -0.39 is 0 Å². The molecule has 2 nitrogen and oxygen atoms in total. The lowest BCUT2D eigenvalue weighted by Crippen LogP contribution is -2.60. The van der Waals surface area contributed by atoms with Crippen molar-refractivity contribution in [2.24, 2.45) is 0 Å². The molecule has 0 saturated carbocycles. The fourth-order valence-corrected chi connectivity index (χ4v) is 4.41. The van der Waals surface area contributed by atoms with Crippen LogP contribution in [0.1, 0.15) is 51.8 Å². The molecule has 0 fully saturated rings. The number of nitrogens with zero attached hydrogens (tertiary/aromatic N) is 1. The smallest absolute Gasteiger partial charge is 0.0357 e. The van der Waals surface area contributed by atoms with Crippen LogP contribution in [0.25, 0.3) is 0 Å². The van der Waals surface area contributed by atoms with Crippen molar-refractivity contribution in [2.45, 2.75) is 65.0 Å². The number of thiophene rings is 1. The minimum Gasteiger partial charge on any atom is -0.315 e. The van der Waals surface area contributed by atoms with E-state index in [1.54, 1.807) is 0 Å². The average molecular weight is 297 g/mol. The fourth-order valence-electron chi connectivity index (χ4n) is 3.69. The summed E-state index contributed by atoms with van der Waals surface area (Å²) in [6, 6.07) is 4.97. The third-order valence-corrected chi connectivity index (χ3v) is 5.81. The molecule has 0 saturated heterocycles. The van der Waals surface area contributed by atoms with Gasteiger partial charge in [0.1, 0.15) is 0 Å². The van der Waals surface area contributed by atoms with Crippen LogP contribution in [0.4, 0.5) is 0 Å². The number of hydrogen-bond donors (Lipinski definition) is 1. The van der Waals surface area contributed by atoms with Gasteiger partial charge in [-0.2, -0.15) is 0 Å². The van der Waals surface area contributed by atoms with Crippen molar-refractivity contribution in [3.63, 3.8) is 0 Å². The van der Waals surface area contributed by atoms with E-state index in [-0.39, 0.29) is 5.54 Å². The maximum atomic E-state index is 3.62. The molecule has 0 aliphatic rings. The third kappa shape index (κ3) is 3.84. The van der Waals surface area contributed by atoms with Crippen LogP contribution in [0.2, 0.25) is 0 Å². The lowest BCUT2D eigenvalue weighted by atomic mass is 9.80. The van der Waals surface area contributed by atoms with Crippen LogP contribution in [0.15, 0.2) is 17.5 Å². The highest BCUT2D eigenvalue weighted by Crippen LogP contribution is 2.30. The topological polar surface area (TPSA) is 15.3 Å². The quantitative estimate of drug-likeness (QED) is 0.697.